The second-order valence-electron chi connectivity index (χ2n) is 3.68. The Morgan fingerprint density at radius 2 is 1.22 bits per heavy atom. The maximum Gasteiger partial charge on any atom is 0.234 e. The van der Waals surface area contributed by atoms with Crippen molar-refractivity contribution < 1.29 is 8.42 Å². The van der Waals surface area contributed by atoms with E-state index < -0.39 is 8.87 Å². The van der Waals surface area contributed by atoms with Crippen LogP contribution in [0.2, 0.25) is 0 Å². The number of benzene rings is 2. The van der Waals surface area contributed by atoms with Gasteiger partial charge in [-0.3, -0.25) is 0 Å². The Balaban J connectivity index is 2.27. The molecule has 94 valence electrons. The van der Waals surface area contributed by atoms with Crippen LogP contribution >= 0.6 is 10.8 Å². The number of hydrogen-bond acceptors (Lipinski definition) is 5. The molecule has 0 radical (unpaired) electrons. The average Bonchev–Trinajstić information content (AvgIpc) is 2.32. The van der Waals surface area contributed by atoms with Crippen LogP contribution in [0.1, 0.15) is 0 Å². The van der Waals surface area contributed by atoms with E-state index in [4.69, 9.17) is 11.5 Å². The van der Waals surface area contributed by atoms with Crippen molar-refractivity contribution in [2.75, 3.05) is 11.5 Å². The quantitative estimate of drug-likeness (QED) is 0.665. The Labute approximate surface area is 109 Å². The highest BCUT2D eigenvalue weighted by Crippen LogP contribution is 2.31. The smallest absolute Gasteiger partial charge is 0.234 e. The highest BCUT2D eigenvalue weighted by atomic mass is 33.1. The van der Waals surface area contributed by atoms with Crippen molar-refractivity contribution in [2.24, 2.45) is 0 Å². The summed E-state index contributed by atoms with van der Waals surface area (Å²) >= 11 is 0. The lowest BCUT2D eigenvalue weighted by Crippen LogP contribution is -1.96. The lowest BCUT2D eigenvalue weighted by Gasteiger charge is -2.04. The predicted octanol–water partition coefficient (Wildman–Crippen LogP) is 2.33. The summed E-state index contributed by atoms with van der Waals surface area (Å²) in [6.45, 7) is 0. The molecular weight excluding hydrogens is 268 g/mol. The predicted molar refractivity (Wildman–Crippen MR) is 74.8 cm³/mol. The first-order valence-corrected chi connectivity index (χ1v) is 7.94. The molecule has 0 saturated heterocycles. The van der Waals surface area contributed by atoms with Crippen molar-refractivity contribution in [1.29, 1.82) is 0 Å². The summed E-state index contributed by atoms with van der Waals surface area (Å²) in [6, 6.07) is 12.8. The number of hydrogen-bond donors (Lipinski definition) is 2. The molecule has 4 N–H and O–H groups in total. The second-order valence-corrected chi connectivity index (χ2v) is 7.51. The Bertz CT molecular complexity index is 635. The molecule has 0 bridgehead atoms. The van der Waals surface area contributed by atoms with Crippen molar-refractivity contribution in [3.8, 4) is 0 Å². The number of anilines is 2. The second kappa shape index (κ2) is 4.91. The van der Waals surface area contributed by atoms with E-state index in [0.29, 0.717) is 16.3 Å². The van der Waals surface area contributed by atoms with Crippen molar-refractivity contribution in [3.63, 3.8) is 0 Å². The summed E-state index contributed by atoms with van der Waals surface area (Å²) in [7, 11) is -2.63. The maximum absolute atomic E-state index is 12.1. The molecule has 0 saturated carbocycles. The standard InChI is InChI=1S/C12H12N2O2S2/c13-9-1-5-11(6-2-9)17-18(15,16)12-7-3-10(14)4-8-12/h1-8H,13-14H2. The summed E-state index contributed by atoms with van der Waals surface area (Å²) in [6.07, 6.45) is 0. The summed E-state index contributed by atoms with van der Waals surface area (Å²) in [5, 5.41) is 0. The van der Waals surface area contributed by atoms with E-state index in [1.165, 1.54) is 12.1 Å². The summed E-state index contributed by atoms with van der Waals surface area (Å²) < 4.78 is 24.2. The van der Waals surface area contributed by atoms with Crippen LogP contribution in [0.3, 0.4) is 0 Å². The van der Waals surface area contributed by atoms with Gasteiger partial charge in [0.25, 0.3) is 0 Å². The normalized spacial score (nSPS) is 11.3. The molecule has 0 aromatic heterocycles. The molecule has 0 aliphatic carbocycles. The van der Waals surface area contributed by atoms with Gasteiger partial charge in [0, 0.05) is 27.1 Å². The Kier molecular flexibility index (Phi) is 3.49. The molecule has 6 heteroatoms. The number of nitrogens with two attached hydrogens (primary N) is 2. The van der Waals surface area contributed by atoms with Gasteiger partial charge in [0.1, 0.15) is 0 Å². The first-order chi connectivity index (χ1) is 8.47. The zero-order valence-electron chi connectivity index (χ0n) is 9.41. The van der Waals surface area contributed by atoms with Gasteiger partial charge in [-0.2, -0.15) is 0 Å². The van der Waals surface area contributed by atoms with Crippen LogP contribution in [-0.2, 0) is 8.87 Å². The summed E-state index contributed by atoms with van der Waals surface area (Å²) in [5.74, 6) is 0. The Morgan fingerprint density at radius 1 is 0.778 bits per heavy atom. The monoisotopic (exact) mass is 280 g/mol. The Hall–Kier alpha value is -1.66. The van der Waals surface area contributed by atoms with Gasteiger partial charge in [0.2, 0.25) is 8.87 Å². The van der Waals surface area contributed by atoms with Crippen LogP contribution in [-0.4, -0.2) is 8.42 Å². The zero-order chi connectivity index (χ0) is 13.2. The molecule has 0 heterocycles. The van der Waals surface area contributed by atoms with E-state index in [2.05, 4.69) is 0 Å². The van der Waals surface area contributed by atoms with Crippen molar-refractivity contribution >= 4 is 31.0 Å². The van der Waals surface area contributed by atoms with E-state index in [0.717, 1.165) is 10.8 Å². The third kappa shape index (κ3) is 2.96. The van der Waals surface area contributed by atoms with Crippen LogP contribution in [0.25, 0.3) is 0 Å². The van der Waals surface area contributed by atoms with Gasteiger partial charge in [-0.1, -0.05) is 0 Å². The van der Waals surface area contributed by atoms with E-state index in [9.17, 15) is 8.42 Å². The Morgan fingerprint density at radius 3 is 1.72 bits per heavy atom. The molecule has 2 rings (SSSR count). The minimum Gasteiger partial charge on any atom is -0.399 e. The van der Waals surface area contributed by atoms with Crippen molar-refractivity contribution in [1.82, 2.24) is 0 Å². The van der Waals surface area contributed by atoms with E-state index in [1.54, 1.807) is 36.4 Å². The third-order valence-electron chi connectivity index (χ3n) is 2.25. The molecule has 2 aromatic rings. The maximum atomic E-state index is 12.1. The molecule has 0 fully saturated rings. The first-order valence-electron chi connectivity index (χ1n) is 5.13. The molecule has 2 aromatic carbocycles. The molecular formula is C12H12N2O2S2. The molecule has 0 unspecified atom stereocenters. The molecule has 0 aliphatic rings. The van der Waals surface area contributed by atoms with Crippen molar-refractivity contribution in [2.45, 2.75) is 9.79 Å². The fraction of sp³-hybridized carbons (Fsp3) is 0. The lowest BCUT2D eigenvalue weighted by molar-refractivity contribution is 0.610. The van der Waals surface area contributed by atoms with Crippen LogP contribution in [0.15, 0.2) is 58.3 Å². The summed E-state index contributed by atoms with van der Waals surface area (Å²) in [4.78, 5) is 0.861. The van der Waals surface area contributed by atoms with Gasteiger partial charge in [0.05, 0.1) is 4.90 Å². The van der Waals surface area contributed by atoms with Crippen LogP contribution in [0.4, 0.5) is 11.4 Å². The molecule has 18 heavy (non-hydrogen) atoms. The van der Waals surface area contributed by atoms with Crippen LogP contribution < -0.4 is 11.5 Å². The molecule has 4 nitrogen and oxygen atoms in total. The third-order valence-corrected chi connectivity index (χ3v) is 5.60. The molecule has 0 atom stereocenters. The fourth-order valence-electron chi connectivity index (χ4n) is 1.33. The first kappa shape index (κ1) is 12.8. The minimum atomic E-state index is -3.42. The highest BCUT2D eigenvalue weighted by molar-refractivity contribution is 8.72. The molecule has 0 spiro atoms. The lowest BCUT2D eigenvalue weighted by atomic mass is 10.3. The minimum absolute atomic E-state index is 0.235. The van der Waals surface area contributed by atoms with Crippen LogP contribution in [0.5, 0.6) is 0 Å². The van der Waals surface area contributed by atoms with Gasteiger partial charge in [0.15, 0.2) is 0 Å². The van der Waals surface area contributed by atoms with Gasteiger partial charge >= 0.3 is 0 Å². The van der Waals surface area contributed by atoms with Gasteiger partial charge < -0.3 is 11.5 Å². The van der Waals surface area contributed by atoms with E-state index in [1.807, 2.05) is 0 Å². The zero-order valence-corrected chi connectivity index (χ0v) is 11.0. The van der Waals surface area contributed by atoms with E-state index >= 15 is 0 Å². The SMILES string of the molecule is Nc1ccc(SS(=O)(=O)c2ccc(N)cc2)cc1. The van der Waals surface area contributed by atoms with Gasteiger partial charge in [-0.25, -0.2) is 8.42 Å². The number of rotatable bonds is 3. The van der Waals surface area contributed by atoms with Crippen LogP contribution in [0, 0.1) is 0 Å². The molecule has 0 amide bonds. The fourth-order valence-corrected chi connectivity index (χ4v) is 4.11. The van der Waals surface area contributed by atoms with Gasteiger partial charge in [-0.15, -0.1) is 0 Å². The number of nitrogen functional groups attached to an aromatic ring is 2. The summed E-state index contributed by atoms with van der Waals surface area (Å²) in [5.41, 5.74) is 12.2. The average molecular weight is 280 g/mol. The van der Waals surface area contributed by atoms with Gasteiger partial charge in [-0.05, 0) is 48.5 Å². The topological polar surface area (TPSA) is 86.2 Å². The molecule has 0 aliphatic heterocycles. The largest absolute Gasteiger partial charge is 0.399 e. The highest BCUT2D eigenvalue weighted by Gasteiger charge is 2.16. The van der Waals surface area contributed by atoms with Crippen molar-refractivity contribution in [3.05, 3.63) is 48.5 Å². The van der Waals surface area contributed by atoms with E-state index in [-0.39, 0.29) is 4.90 Å².